The van der Waals surface area contributed by atoms with Crippen molar-refractivity contribution in [2.45, 2.75) is 13.8 Å². The lowest BCUT2D eigenvalue weighted by Gasteiger charge is -2.01. The molecule has 0 bridgehead atoms. The average molecular weight is 316 g/mol. The number of fused-ring (bicyclic) bond motifs is 1. The zero-order valence-corrected chi connectivity index (χ0v) is 12.8. The molecule has 1 aromatic rings. The van der Waals surface area contributed by atoms with E-state index in [0.717, 1.165) is 6.08 Å². The summed E-state index contributed by atoms with van der Waals surface area (Å²) in [6, 6.07) is 5.03. The van der Waals surface area contributed by atoms with E-state index in [4.69, 9.17) is 14.2 Å². The first kappa shape index (κ1) is 16.5. The number of hydrogen-bond donors (Lipinski definition) is 0. The number of carbonyl (C=O) groups is 3. The van der Waals surface area contributed by atoms with E-state index in [0.29, 0.717) is 16.7 Å². The zero-order valence-electron chi connectivity index (χ0n) is 12.8. The van der Waals surface area contributed by atoms with Gasteiger partial charge in [0.25, 0.3) is 0 Å². The normalized spacial score (nSPS) is 14.7. The van der Waals surface area contributed by atoms with Crippen molar-refractivity contribution < 1.29 is 28.6 Å². The van der Waals surface area contributed by atoms with Crippen LogP contribution in [0.4, 0.5) is 0 Å². The first-order valence-electron chi connectivity index (χ1n) is 7.15. The Kier molecular flexibility index (Phi) is 5.30. The van der Waals surface area contributed by atoms with Crippen LogP contribution < -0.4 is 0 Å². The Labute approximate surface area is 133 Å². The zero-order chi connectivity index (χ0) is 16.8. The molecule has 1 aliphatic rings. The van der Waals surface area contributed by atoms with E-state index in [9.17, 15) is 14.4 Å². The molecule has 0 fully saturated rings. The summed E-state index contributed by atoms with van der Waals surface area (Å²) in [5.74, 6) is -1.54. The number of esters is 3. The highest BCUT2D eigenvalue weighted by molar-refractivity contribution is 6.08. The van der Waals surface area contributed by atoms with E-state index in [2.05, 4.69) is 0 Å². The number of hydrogen-bond acceptors (Lipinski definition) is 6. The highest BCUT2D eigenvalue weighted by Gasteiger charge is 2.29. The summed E-state index contributed by atoms with van der Waals surface area (Å²) in [5.41, 5.74) is 1.28. The molecular formula is C17H16O6. The molecule has 0 saturated heterocycles. The molecule has 0 aromatic heterocycles. The summed E-state index contributed by atoms with van der Waals surface area (Å²) in [7, 11) is 0. The minimum Gasteiger partial charge on any atom is -0.463 e. The molecule has 1 heterocycles. The van der Waals surface area contributed by atoms with Gasteiger partial charge in [0.1, 0.15) is 5.76 Å². The Morgan fingerprint density at radius 2 is 1.83 bits per heavy atom. The van der Waals surface area contributed by atoms with Crippen LogP contribution in [0.25, 0.3) is 11.8 Å². The van der Waals surface area contributed by atoms with Gasteiger partial charge in [-0.05, 0) is 25.5 Å². The van der Waals surface area contributed by atoms with Crippen molar-refractivity contribution in [1.82, 2.24) is 0 Å². The molecule has 23 heavy (non-hydrogen) atoms. The number of carbonyl (C=O) groups excluding carboxylic acids is 3. The number of ether oxygens (including phenoxy) is 3. The van der Waals surface area contributed by atoms with Gasteiger partial charge >= 0.3 is 17.9 Å². The quantitative estimate of drug-likeness (QED) is 0.471. The number of cyclic esters (lactones) is 1. The molecule has 1 aromatic carbocycles. The molecule has 120 valence electrons. The van der Waals surface area contributed by atoms with Crippen LogP contribution in [0.15, 0.2) is 30.4 Å². The lowest BCUT2D eigenvalue weighted by Crippen LogP contribution is -2.01. The monoisotopic (exact) mass is 316 g/mol. The van der Waals surface area contributed by atoms with Crippen LogP contribution >= 0.6 is 0 Å². The minimum absolute atomic E-state index is 0.134. The first-order chi connectivity index (χ1) is 11.1. The minimum atomic E-state index is -0.587. The standard InChI is InChI=1S/C17H16O6/c1-3-21-14(18)9-8-11-6-5-7-12-13(10-15(19)22-4-2)23-17(20)16(11)12/h5-10H,3-4H2,1-2H3/b9-8+,13-10+. The highest BCUT2D eigenvalue weighted by atomic mass is 16.6. The average Bonchev–Trinajstić information content (AvgIpc) is 2.83. The van der Waals surface area contributed by atoms with E-state index in [-0.39, 0.29) is 19.0 Å². The third kappa shape index (κ3) is 3.85. The second-order valence-electron chi connectivity index (χ2n) is 4.51. The number of rotatable bonds is 5. The second kappa shape index (κ2) is 7.40. The summed E-state index contributed by atoms with van der Waals surface area (Å²) in [6.45, 7) is 3.88. The molecule has 0 radical (unpaired) electrons. The molecule has 0 atom stereocenters. The van der Waals surface area contributed by atoms with Crippen LogP contribution in [0.1, 0.15) is 35.3 Å². The Bertz CT molecular complexity index is 699. The van der Waals surface area contributed by atoms with Crippen molar-refractivity contribution in [2.24, 2.45) is 0 Å². The van der Waals surface area contributed by atoms with Crippen LogP contribution in [0.2, 0.25) is 0 Å². The van der Waals surface area contributed by atoms with E-state index in [1.807, 2.05) is 0 Å². The third-order valence-corrected chi connectivity index (χ3v) is 2.99. The van der Waals surface area contributed by atoms with Crippen LogP contribution in [0.5, 0.6) is 0 Å². The largest absolute Gasteiger partial charge is 0.463 e. The third-order valence-electron chi connectivity index (χ3n) is 2.99. The van der Waals surface area contributed by atoms with Crippen LogP contribution in [0.3, 0.4) is 0 Å². The van der Waals surface area contributed by atoms with Gasteiger partial charge in [0, 0.05) is 11.6 Å². The summed E-state index contributed by atoms with van der Waals surface area (Å²) < 4.78 is 14.7. The van der Waals surface area contributed by atoms with Crippen molar-refractivity contribution in [3.05, 3.63) is 47.0 Å². The molecule has 2 rings (SSSR count). The van der Waals surface area contributed by atoms with Gasteiger partial charge in [0.05, 0.1) is 24.9 Å². The second-order valence-corrected chi connectivity index (χ2v) is 4.51. The fraction of sp³-hybridized carbons (Fsp3) is 0.235. The summed E-state index contributed by atoms with van der Waals surface area (Å²) in [4.78, 5) is 34.9. The van der Waals surface area contributed by atoms with Crippen molar-refractivity contribution >= 4 is 29.7 Å². The SMILES string of the molecule is CCOC(=O)/C=C/c1cccc2c1C(=O)O/C2=C/C(=O)OCC. The smallest absolute Gasteiger partial charge is 0.344 e. The van der Waals surface area contributed by atoms with E-state index in [1.165, 1.54) is 12.2 Å². The molecular weight excluding hydrogens is 300 g/mol. The predicted molar refractivity (Wildman–Crippen MR) is 82.1 cm³/mol. The first-order valence-corrected chi connectivity index (χ1v) is 7.15. The van der Waals surface area contributed by atoms with Crippen LogP contribution in [-0.4, -0.2) is 31.1 Å². The molecule has 0 spiro atoms. The maximum Gasteiger partial charge on any atom is 0.344 e. The highest BCUT2D eigenvalue weighted by Crippen LogP contribution is 2.32. The summed E-state index contributed by atoms with van der Waals surface area (Å²) in [5, 5.41) is 0. The Morgan fingerprint density at radius 1 is 1.13 bits per heavy atom. The number of benzene rings is 1. The van der Waals surface area contributed by atoms with Gasteiger partial charge in [-0.1, -0.05) is 18.2 Å². The Morgan fingerprint density at radius 3 is 2.52 bits per heavy atom. The molecule has 0 N–H and O–H groups in total. The molecule has 6 heteroatoms. The van der Waals surface area contributed by atoms with Crippen molar-refractivity contribution in [1.29, 1.82) is 0 Å². The van der Waals surface area contributed by atoms with Crippen LogP contribution in [0, 0.1) is 0 Å². The molecule has 1 aliphatic heterocycles. The lowest BCUT2D eigenvalue weighted by molar-refractivity contribution is -0.138. The van der Waals surface area contributed by atoms with Gasteiger partial charge in [0.15, 0.2) is 0 Å². The summed E-state index contributed by atoms with van der Waals surface area (Å²) in [6.07, 6.45) is 3.84. The van der Waals surface area contributed by atoms with Gasteiger partial charge in [0.2, 0.25) is 0 Å². The van der Waals surface area contributed by atoms with Crippen molar-refractivity contribution in [3.8, 4) is 0 Å². The predicted octanol–water partition coefficient (Wildman–Crippen LogP) is 2.34. The van der Waals surface area contributed by atoms with E-state index < -0.39 is 17.9 Å². The lowest BCUT2D eigenvalue weighted by atomic mass is 10.0. The topological polar surface area (TPSA) is 78.9 Å². The maximum absolute atomic E-state index is 12.0. The van der Waals surface area contributed by atoms with E-state index >= 15 is 0 Å². The molecule has 6 nitrogen and oxygen atoms in total. The van der Waals surface area contributed by atoms with E-state index in [1.54, 1.807) is 32.0 Å². The van der Waals surface area contributed by atoms with Gasteiger partial charge in [-0.15, -0.1) is 0 Å². The molecule has 0 saturated carbocycles. The van der Waals surface area contributed by atoms with Gasteiger partial charge in [-0.2, -0.15) is 0 Å². The Balaban J connectivity index is 2.34. The van der Waals surface area contributed by atoms with Crippen molar-refractivity contribution in [2.75, 3.05) is 13.2 Å². The van der Waals surface area contributed by atoms with Gasteiger partial charge in [-0.3, -0.25) is 0 Å². The fourth-order valence-corrected chi connectivity index (χ4v) is 2.09. The van der Waals surface area contributed by atoms with Crippen molar-refractivity contribution in [3.63, 3.8) is 0 Å². The van der Waals surface area contributed by atoms with Crippen LogP contribution in [-0.2, 0) is 23.8 Å². The maximum atomic E-state index is 12.0. The fourth-order valence-electron chi connectivity index (χ4n) is 2.09. The van der Waals surface area contributed by atoms with Gasteiger partial charge in [-0.25, -0.2) is 14.4 Å². The molecule has 0 amide bonds. The summed E-state index contributed by atoms with van der Waals surface area (Å²) >= 11 is 0. The Hall–Kier alpha value is -2.89. The van der Waals surface area contributed by atoms with Gasteiger partial charge < -0.3 is 14.2 Å². The molecule has 0 unspecified atom stereocenters. The molecule has 0 aliphatic carbocycles.